The molecule has 258 valence electrons. The molecule has 3 heteroatoms. The van der Waals surface area contributed by atoms with Gasteiger partial charge in [0.25, 0.3) is 0 Å². The van der Waals surface area contributed by atoms with Crippen LogP contribution in [0.5, 0.6) is 0 Å². The molecule has 2 nitrogen and oxygen atoms in total. The van der Waals surface area contributed by atoms with Crippen molar-refractivity contribution in [2.75, 3.05) is 4.90 Å². The van der Waals surface area contributed by atoms with Gasteiger partial charge in [0.15, 0.2) is 0 Å². The molecule has 0 saturated heterocycles. The van der Waals surface area contributed by atoms with Crippen molar-refractivity contribution < 1.29 is 4.42 Å². The van der Waals surface area contributed by atoms with Gasteiger partial charge in [-0.05, 0) is 99.3 Å². The van der Waals surface area contributed by atoms with Gasteiger partial charge in [0.1, 0.15) is 11.2 Å². The van der Waals surface area contributed by atoms with Crippen LogP contribution in [0.4, 0.5) is 17.1 Å². The summed E-state index contributed by atoms with van der Waals surface area (Å²) in [6.45, 7) is 0. The molecule has 0 unspecified atom stereocenters. The topological polar surface area (TPSA) is 16.4 Å². The van der Waals surface area contributed by atoms with E-state index in [4.69, 9.17) is 4.42 Å². The lowest BCUT2D eigenvalue weighted by molar-refractivity contribution is 0.669. The first-order valence-electron chi connectivity index (χ1n) is 18.7. The van der Waals surface area contributed by atoms with Crippen LogP contribution in [0.2, 0.25) is 0 Å². The van der Waals surface area contributed by atoms with Crippen molar-refractivity contribution >= 4 is 81.3 Å². The molecule has 0 spiro atoms. The Balaban J connectivity index is 1.15. The minimum atomic E-state index is 0.873. The second kappa shape index (κ2) is 12.9. The van der Waals surface area contributed by atoms with Gasteiger partial charge in [0.2, 0.25) is 0 Å². The predicted molar refractivity (Wildman–Crippen MR) is 235 cm³/mol. The summed E-state index contributed by atoms with van der Waals surface area (Å²) in [4.78, 5) is 2.42. The molecule has 0 amide bonds. The minimum Gasteiger partial charge on any atom is -0.456 e. The lowest BCUT2D eigenvalue weighted by Gasteiger charge is -2.29. The molecule has 0 fully saturated rings. The number of hydrogen-bond donors (Lipinski definition) is 0. The SMILES string of the molecule is c1ccc(-c2ccc(N(c3cccc(-c4ccc5c(c4)sc4ccccc45)c3)c3ccc4oc5ccccc5c4c3-c3ccc4ccccc4c3)cc2)cc1. The zero-order valence-electron chi connectivity index (χ0n) is 29.8. The van der Waals surface area contributed by atoms with Crippen molar-refractivity contribution in [1.29, 1.82) is 0 Å². The van der Waals surface area contributed by atoms with Crippen molar-refractivity contribution in [3.8, 4) is 33.4 Å². The van der Waals surface area contributed by atoms with Crippen molar-refractivity contribution in [3.63, 3.8) is 0 Å². The molecule has 11 rings (SSSR count). The van der Waals surface area contributed by atoms with Gasteiger partial charge in [-0.15, -0.1) is 11.3 Å². The number of rotatable bonds is 6. The number of thiophene rings is 1. The third-order valence-corrected chi connectivity index (χ3v) is 12.0. The van der Waals surface area contributed by atoms with Crippen LogP contribution in [-0.4, -0.2) is 0 Å². The Morgan fingerprint density at radius 2 is 1.04 bits per heavy atom. The fraction of sp³-hybridized carbons (Fsp3) is 0. The quantitative estimate of drug-likeness (QED) is 0.170. The zero-order chi connectivity index (χ0) is 36.3. The van der Waals surface area contributed by atoms with E-state index in [1.807, 2.05) is 17.4 Å². The van der Waals surface area contributed by atoms with Crippen LogP contribution in [0.1, 0.15) is 0 Å². The largest absolute Gasteiger partial charge is 0.456 e. The summed E-state index contributed by atoms with van der Waals surface area (Å²) in [6, 6.07) is 72.3. The van der Waals surface area contributed by atoms with Crippen LogP contribution in [0.15, 0.2) is 205 Å². The number of benzene rings is 9. The summed E-state index contributed by atoms with van der Waals surface area (Å²) in [6.07, 6.45) is 0. The Morgan fingerprint density at radius 3 is 1.93 bits per heavy atom. The Bertz CT molecular complexity index is 3210. The van der Waals surface area contributed by atoms with Gasteiger partial charge >= 0.3 is 0 Å². The lowest BCUT2D eigenvalue weighted by Crippen LogP contribution is -2.11. The molecule has 0 N–H and O–H groups in total. The summed E-state index contributed by atoms with van der Waals surface area (Å²) in [5.74, 6) is 0. The number of para-hydroxylation sites is 1. The maximum Gasteiger partial charge on any atom is 0.136 e. The fourth-order valence-electron chi connectivity index (χ4n) is 8.22. The van der Waals surface area contributed by atoms with Crippen molar-refractivity contribution in [2.24, 2.45) is 0 Å². The van der Waals surface area contributed by atoms with Crippen molar-refractivity contribution in [3.05, 3.63) is 200 Å². The summed E-state index contributed by atoms with van der Waals surface area (Å²) in [5, 5.41) is 7.26. The molecule has 2 aromatic heterocycles. The maximum atomic E-state index is 6.53. The number of anilines is 3. The number of furan rings is 1. The Labute approximate surface area is 322 Å². The van der Waals surface area contributed by atoms with E-state index >= 15 is 0 Å². The van der Waals surface area contributed by atoms with Crippen LogP contribution in [0.3, 0.4) is 0 Å². The molecule has 0 aliphatic carbocycles. The molecule has 55 heavy (non-hydrogen) atoms. The second-order valence-electron chi connectivity index (χ2n) is 14.1. The normalized spacial score (nSPS) is 11.6. The summed E-state index contributed by atoms with van der Waals surface area (Å²) < 4.78 is 9.15. The third kappa shape index (κ3) is 5.40. The molecule has 0 atom stereocenters. The first kappa shape index (κ1) is 31.6. The fourth-order valence-corrected chi connectivity index (χ4v) is 9.37. The summed E-state index contributed by atoms with van der Waals surface area (Å²) in [7, 11) is 0. The van der Waals surface area contributed by atoms with Crippen LogP contribution < -0.4 is 4.90 Å². The first-order valence-corrected chi connectivity index (χ1v) is 19.5. The average Bonchev–Trinajstić information content (AvgIpc) is 3.82. The highest BCUT2D eigenvalue weighted by Gasteiger charge is 2.23. The van der Waals surface area contributed by atoms with Crippen molar-refractivity contribution in [2.45, 2.75) is 0 Å². The molecule has 9 aromatic carbocycles. The smallest absolute Gasteiger partial charge is 0.136 e. The highest BCUT2D eigenvalue weighted by Crippen LogP contribution is 2.48. The van der Waals surface area contributed by atoms with Crippen molar-refractivity contribution in [1.82, 2.24) is 0 Å². The molecule has 0 bridgehead atoms. The maximum absolute atomic E-state index is 6.53. The lowest BCUT2D eigenvalue weighted by atomic mass is 9.94. The average molecular weight is 720 g/mol. The number of nitrogens with zero attached hydrogens (tertiary/aromatic N) is 1. The zero-order valence-corrected chi connectivity index (χ0v) is 30.6. The summed E-state index contributed by atoms with van der Waals surface area (Å²) >= 11 is 1.86. The van der Waals surface area contributed by atoms with Gasteiger partial charge in [-0.25, -0.2) is 0 Å². The molecular weight excluding hydrogens is 687 g/mol. The standard InChI is InChI=1S/C52H33NOS/c1-2-11-34(12-3-1)36-23-26-41(27-24-36)53(42-16-10-15-38(32-42)39-25-28-44-43-17-7-9-20-49(43)55-50(44)33-39)46-29-30-48-52(45-18-6-8-19-47(45)54-48)51(46)40-22-21-35-13-4-5-14-37(35)31-40/h1-33H. The van der Waals surface area contributed by atoms with Crippen LogP contribution >= 0.6 is 11.3 Å². The Morgan fingerprint density at radius 1 is 0.364 bits per heavy atom. The summed E-state index contributed by atoms with van der Waals surface area (Å²) in [5.41, 5.74) is 12.0. The molecule has 0 aliphatic heterocycles. The van der Waals surface area contributed by atoms with Crippen LogP contribution in [0.25, 0.3) is 86.3 Å². The van der Waals surface area contributed by atoms with E-state index in [0.717, 1.165) is 50.1 Å². The first-order chi connectivity index (χ1) is 27.2. The van der Waals surface area contributed by atoms with E-state index in [1.54, 1.807) is 0 Å². The molecule has 11 aromatic rings. The second-order valence-corrected chi connectivity index (χ2v) is 15.2. The minimum absolute atomic E-state index is 0.873. The Kier molecular flexibility index (Phi) is 7.39. The van der Waals surface area contributed by atoms with E-state index < -0.39 is 0 Å². The predicted octanol–water partition coefficient (Wildman–Crippen LogP) is 15.6. The van der Waals surface area contributed by atoms with Gasteiger partial charge < -0.3 is 9.32 Å². The monoisotopic (exact) mass is 719 g/mol. The van der Waals surface area contributed by atoms with Crippen LogP contribution in [-0.2, 0) is 0 Å². The van der Waals surface area contributed by atoms with E-state index in [9.17, 15) is 0 Å². The molecular formula is C52H33NOS. The molecule has 0 aliphatic rings. The van der Waals surface area contributed by atoms with Gasteiger partial charge in [-0.3, -0.25) is 0 Å². The van der Waals surface area contributed by atoms with E-state index in [0.29, 0.717) is 0 Å². The van der Waals surface area contributed by atoms with Gasteiger partial charge in [-0.1, -0.05) is 140 Å². The molecule has 2 heterocycles. The van der Waals surface area contributed by atoms with E-state index in [2.05, 4.69) is 199 Å². The van der Waals surface area contributed by atoms with E-state index in [-0.39, 0.29) is 0 Å². The van der Waals surface area contributed by atoms with Gasteiger partial charge in [0.05, 0.1) is 5.69 Å². The van der Waals surface area contributed by atoms with Gasteiger partial charge in [-0.2, -0.15) is 0 Å². The van der Waals surface area contributed by atoms with Crippen LogP contribution in [0, 0.1) is 0 Å². The van der Waals surface area contributed by atoms with E-state index in [1.165, 1.54) is 53.2 Å². The number of hydrogen-bond acceptors (Lipinski definition) is 3. The highest BCUT2D eigenvalue weighted by atomic mass is 32.1. The Hall–Kier alpha value is -6.94. The number of fused-ring (bicyclic) bond motifs is 7. The molecule has 0 saturated carbocycles. The molecule has 0 radical (unpaired) electrons. The third-order valence-electron chi connectivity index (χ3n) is 10.8. The highest BCUT2D eigenvalue weighted by molar-refractivity contribution is 7.25. The van der Waals surface area contributed by atoms with Gasteiger partial charge in [0, 0.05) is 47.9 Å².